The number of carboxylic acids is 2. The average Bonchev–Trinajstić information content (AvgIpc) is 3.38. The molecule has 0 amide bonds. The summed E-state index contributed by atoms with van der Waals surface area (Å²) in [7, 11) is 0. The van der Waals surface area contributed by atoms with Crippen molar-refractivity contribution in [3.8, 4) is 11.5 Å². The van der Waals surface area contributed by atoms with Gasteiger partial charge in [-0.25, -0.2) is 9.59 Å². The Kier molecular flexibility index (Phi) is 9.43. The zero-order valence-corrected chi connectivity index (χ0v) is 29.2. The van der Waals surface area contributed by atoms with E-state index >= 15 is 0 Å². The molecular weight excluding hydrogens is 635 g/mol. The fourth-order valence-corrected chi connectivity index (χ4v) is 11.6. The predicted octanol–water partition coefficient (Wildman–Crippen LogP) is 10.7. The first-order chi connectivity index (χ1) is 22.3. The molecule has 8 heteroatoms. The average molecular weight is 684 g/mol. The highest BCUT2D eigenvalue weighted by molar-refractivity contribution is 6.33. The maximum atomic E-state index is 11.9. The molecule has 0 radical (unpaired) electrons. The van der Waals surface area contributed by atoms with Gasteiger partial charge in [0.1, 0.15) is 22.6 Å². The lowest BCUT2D eigenvalue weighted by Crippen LogP contribution is -2.53. The summed E-state index contributed by atoms with van der Waals surface area (Å²) in [6.07, 6.45) is 17.3. The fourth-order valence-electron chi connectivity index (χ4n) is 11.2. The first-order valence-corrected chi connectivity index (χ1v) is 18.2. The van der Waals surface area contributed by atoms with Crippen LogP contribution in [0.3, 0.4) is 0 Å². The Morgan fingerprint density at radius 3 is 2.00 bits per heavy atom. The van der Waals surface area contributed by atoms with Gasteiger partial charge in [0, 0.05) is 0 Å². The van der Waals surface area contributed by atoms with Crippen molar-refractivity contribution in [2.75, 3.05) is 0 Å². The molecule has 6 rings (SSSR count). The van der Waals surface area contributed by atoms with Gasteiger partial charge in [0.05, 0.1) is 10.0 Å². The molecule has 2 aromatic rings. The van der Waals surface area contributed by atoms with Crippen LogP contribution in [-0.4, -0.2) is 32.4 Å². The number of carbonyl (C=O) groups is 2. The Balaban J connectivity index is 1.26. The minimum Gasteiger partial charge on any atom is -0.505 e. The van der Waals surface area contributed by atoms with Crippen LogP contribution in [-0.2, 0) is 0 Å². The number of aromatic hydroxyl groups is 2. The van der Waals surface area contributed by atoms with Crippen LogP contribution < -0.4 is 0 Å². The molecule has 6 nitrogen and oxygen atoms in total. The van der Waals surface area contributed by atoms with Crippen molar-refractivity contribution >= 4 is 40.7 Å². The number of hydrogen-bond acceptors (Lipinski definition) is 4. The molecule has 2 aromatic carbocycles. The summed E-state index contributed by atoms with van der Waals surface area (Å²) in [6, 6.07) is 5.62. The zero-order chi connectivity index (χ0) is 33.8. The Morgan fingerprint density at radius 1 is 0.809 bits per heavy atom. The summed E-state index contributed by atoms with van der Waals surface area (Å²) in [5.74, 6) is 0.805. The third kappa shape index (κ3) is 5.96. The number of phenols is 2. The molecular formula is C39H48Cl2O6. The van der Waals surface area contributed by atoms with E-state index in [-0.39, 0.29) is 21.2 Å². The van der Waals surface area contributed by atoms with Crippen LogP contribution >= 0.6 is 23.2 Å². The summed E-state index contributed by atoms with van der Waals surface area (Å²) in [5, 5.41) is 39.8. The first-order valence-electron chi connectivity index (χ1n) is 17.5. The van der Waals surface area contributed by atoms with E-state index in [1.165, 1.54) is 88.5 Å². The van der Waals surface area contributed by atoms with Crippen LogP contribution in [0.1, 0.15) is 130 Å². The number of rotatable bonds is 8. The molecule has 0 spiro atoms. The number of allylic oxidation sites excluding steroid dienone is 1. The Labute approximate surface area is 288 Å². The third-order valence-electron chi connectivity index (χ3n) is 13.5. The largest absolute Gasteiger partial charge is 0.505 e. The van der Waals surface area contributed by atoms with Crippen molar-refractivity contribution in [1.82, 2.24) is 0 Å². The molecule has 4 aliphatic carbocycles. The summed E-state index contributed by atoms with van der Waals surface area (Å²) < 4.78 is 0. The molecule has 4 N–H and O–H groups in total. The monoisotopic (exact) mass is 682 g/mol. The smallest absolute Gasteiger partial charge is 0.339 e. The van der Waals surface area contributed by atoms with Gasteiger partial charge in [-0.05, 0) is 152 Å². The van der Waals surface area contributed by atoms with Crippen molar-refractivity contribution < 1.29 is 30.0 Å². The van der Waals surface area contributed by atoms with E-state index in [0.29, 0.717) is 45.8 Å². The van der Waals surface area contributed by atoms with Gasteiger partial charge in [-0.15, -0.1) is 0 Å². The zero-order valence-electron chi connectivity index (χ0n) is 27.7. The van der Waals surface area contributed by atoms with E-state index in [4.69, 9.17) is 23.2 Å². The normalized spacial score (nSPS) is 32.1. The van der Waals surface area contributed by atoms with Crippen LogP contribution in [0.5, 0.6) is 11.5 Å². The highest BCUT2D eigenvalue weighted by atomic mass is 35.5. The maximum Gasteiger partial charge on any atom is 0.339 e. The van der Waals surface area contributed by atoms with Crippen LogP contribution in [0.4, 0.5) is 0 Å². The maximum absolute atomic E-state index is 11.9. The van der Waals surface area contributed by atoms with Gasteiger partial charge in [-0.2, -0.15) is 0 Å². The van der Waals surface area contributed by atoms with Crippen LogP contribution in [0.25, 0.3) is 5.57 Å². The Morgan fingerprint density at radius 2 is 1.40 bits per heavy atom. The standard InChI is InChI=1S/C39H48Cl2O6/c1-21(29-12-13-30-26-11-10-24-8-4-5-15-38(24,2)31(26)14-16-39(29,30)3)7-6-9-25(22-17-27(36(44)45)34(42)32(40)19-22)23-18-28(37(46)47)35(43)33(41)20-23/h9,17-21,24,26,29-31,42-43H,4-8,10-16H2,1-3H3,(H,44,45)(H,46,47)/t21-,24+,26+,29-,30+,31+,38+,39-/m1/s1. The molecule has 0 heterocycles. The Hall–Kier alpha value is -2.70. The second-order valence-corrected chi connectivity index (χ2v) is 16.4. The fraction of sp³-hybridized carbons (Fsp3) is 0.590. The first kappa shape index (κ1) is 34.2. The van der Waals surface area contributed by atoms with Gasteiger partial charge in [-0.3, -0.25) is 0 Å². The van der Waals surface area contributed by atoms with Crippen molar-refractivity contribution in [1.29, 1.82) is 0 Å². The van der Waals surface area contributed by atoms with E-state index in [1.807, 2.05) is 6.08 Å². The van der Waals surface area contributed by atoms with Gasteiger partial charge >= 0.3 is 11.9 Å². The van der Waals surface area contributed by atoms with Crippen LogP contribution in [0.2, 0.25) is 10.0 Å². The molecule has 4 saturated carbocycles. The van der Waals surface area contributed by atoms with Gasteiger partial charge in [-0.1, -0.05) is 62.9 Å². The molecule has 0 aliphatic heterocycles. The molecule has 4 aliphatic rings. The van der Waals surface area contributed by atoms with Gasteiger partial charge in [0.15, 0.2) is 0 Å². The van der Waals surface area contributed by atoms with E-state index in [9.17, 15) is 30.0 Å². The second-order valence-electron chi connectivity index (χ2n) is 15.6. The van der Waals surface area contributed by atoms with E-state index in [1.54, 1.807) is 0 Å². The summed E-state index contributed by atoms with van der Waals surface area (Å²) in [5.41, 5.74) is 1.52. The Bertz CT molecular complexity index is 1530. The lowest BCUT2D eigenvalue weighted by atomic mass is 9.44. The van der Waals surface area contributed by atoms with Crippen molar-refractivity contribution in [2.24, 2.45) is 46.3 Å². The lowest BCUT2D eigenvalue weighted by molar-refractivity contribution is -0.114. The summed E-state index contributed by atoms with van der Waals surface area (Å²) in [6.45, 7) is 7.59. The summed E-state index contributed by atoms with van der Waals surface area (Å²) in [4.78, 5) is 23.9. The van der Waals surface area contributed by atoms with Gasteiger partial charge in [0.25, 0.3) is 0 Å². The number of carboxylic acid groups (broad SMARTS) is 2. The number of hydrogen-bond donors (Lipinski definition) is 4. The van der Waals surface area contributed by atoms with E-state index in [2.05, 4.69) is 20.8 Å². The summed E-state index contributed by atoms with van der Waals surface area (Å²) >= 11 is 12.6. The topological polar surface area (TPSA) is 115 Å². The van der Waals surface area contributed by atoms with Crippen LogP contribution in [0.15, 0.2) is 30.3 Å². The predicted molar refractivity (Wildman–Crippen MR) is 185 cm³/mol. The van der Waals surface area contributed by atoms with Crippen LogP contribution in [0, 0.1) is 46.3 Å². The van der Waals surface area contributed by atoms with Gasteiger partial charge < -0.3 is 20.4 Å². The third-order valence-corrected chi connectivity index (χ3v) is 14.1. The van der Waals surface area contributed by atoms with Gasteiger partial charge in [0.2, 0.25) is 0 Å². The SMILES string of the molecule is C[C@H](CCC=C(c1cc(Cl)c(O)c(C(=O)O)c1)c1cc(Cl)c(O)c(C(=O)O)c1)[C@H]1CC[C@H]2[C@@H]3CC[C@@H]4CCCC[C@]4(C)[C@H]3CC[C@]12C. The molecule has 0 aromatic heterocycles. The van der Waals surface area contributed by atoms with E-state index < -0.39 is 23.4 Å². The number of fused-ring (bicyclic) bond motifs is 5. The molecule has 4 fully saturated rings. The second kappa shape index (κ2) is 13.0. The number of halogens is 2. The number of aromatic carboxylic acids is 2. The highest BCUT2D eigenvalue weighted by Gasteiger charge is 2.60. The lowest BCUT2D eigenvalue weighted by Gasteiger charge is -2.61. The highest BCUT2D eigenvalue weighted by Crippen LogP contribution is 2.68. The number of benzene rings is 2. The van der Waals surface area contributed by atoms with E-state index in [0.717, 1.165) is 30.1 Å². The minimum atomic E-state index is -1.33. The van der Waals surface area contributed by atoms with Crippen molar-refractivity contribution in [3.05, 3.63) is 62.6 Å². The van der Waals surface area contributed by atoms with Crippen molar-refractivity contribution in [2.45, 2.75) is 97.8 Å². The molecule has 0 bridgehead atoms. The molecule has 254 valence electrons. The van der Waals surface area contributed by atoms with Crippen molar-refractivity contribution in [3.63, 3.8) is 0 Å². The quantitative estimate of drug-likeness (QED) is 0.220. The molecule has 0 saturated heterocycles. The molecule has 0 unspecified atom stereocenters. The molecule has 8 atom stereocenters. The minimum absolute atomic E-state index is 0.126. The molecule has 47 heavy (non-hydrogen) atoms.